The van der Waals surface area contributed by atoms with Crippen LogP contribution in [-0.2, 0) is 11.8 Å². The van der Waals surface area contributed by atoms with Crippen molar-refractivity contribution in [3.05, 3.63) is 47.0 Å². The number of ether oxygens (including phenoxy) is 1. The van der Waals surface area contributed by atoms with Crippen LogP contribution in [0.4, 0.5) is 0 Å². The van der Waals surface area contributed by atoms with E-state index in [1.165, 1.54) is 11.1 Å². The molecule has 1 N–H and O–H groups in total. The van der Waals surface area contributed by atoms with Gasteiger partial charge in [-0.25, -0.2) is 4.98 Å². The molecule has 1 fully saturated rings. The predicted molar refractivity (Wildman–Crippen MR) is 101 cm³/mol. The van der Waals surface area contributed by atoms with Gasteiger partial charge < -0.3 is 19.5 Å². The molecule has 1 atom stereocenters. The number of piperazine rings is 1. The minimum atomic E-state index is -0.0285. The number of imidazole rings is 1. The van der Waals surface area contributed by atoms with E-state index in [1.807, 2.05) is 28.8 Å². The summed E-state index contributed by atoms with van der Waals surface area (Å²) in [4.78, 5) is 19.2. The number of rotatable bonds is 5. The van der Waals surface area contributed by atoms with Crippen LogP contribution in [0, 0.1) is 20.8 Å². The molecule has 3 rings (SSSR count). The van der Waals surface area contributed by atoms with E-state index >= 15 is 0 Å². The first-order chi connectivity index (χ1) is 12.5. The van der Waals surface area contributed by atoms with Crippen LogP contribution < -0.4 is 10.1 Å². The maximum absolute atomic E-state index is 12.8. The van der Waals surface area contributed by atoms with Crippen molar-refractivity contribution in [3.63, 3.8) is 0 Å². The van der Waals surface area contributed by atoms with E-state index in [1.54, 1.807) is 6.20 Å². The summed E-state index contributed by atoms with van der Waals surface area (Å²) in [6.07, 6.45) is 4.06. The lowest BCUT2D eigenvalue weighted by Gasteiger charge is -2.35. The number of aromatic nitrogens is 2. The monoisotopic (exact) mass is 356 g/mol. The molecule has 1 unspecified atom stereocenters. The summed E-state index contributed by atoms with van der Waals surface area (Å²) in [7, 11) is 1.96. The minimum absolute atomic E-state index is 0.0285. The summed E-state index contributed by atoms with van der Waals surface area (Å²) in [6.45, 7) is 8.82. The highest BCUT2D eigenvalue weighted by atomic mass is 16.5. The minimum Gasteiger partial charge on any atom is -0.493 e. The van der Waals surface area contributed by atoms with Gasteiger partial charge >= 0.3 is 0 Å². The maximum atomic E-state index is 12.8. The first kappa shape index (κ1) is 18.5. The molecule has 140 valence electrons. The zero-order valence-corrected chi connectivity index (χ0v) is 16.1. The fourth-order valence-corrected chi connectivity index (χ4v) is 3.47. The second-order valence-corrected chi connectivity index (χ2v) is 7.01. The number of amides is 1. The fraction of sp³-hybridized carbons (Fsp3) is 0.500. The first-order valence-corrected chi connectivity index (χ1v) is 9.15. The third kappa shape index (κ3) is 3.90. The topological polar surface area (TPSA) is 59.4 Å². The number of benzene rings is 1. The highest BCUT2D eigenvalue weighted by Crippen LogP contribution is 2.24. The Hall–Kier alpha value is -2.34. The highest BCUT2D eigenvalue weighted by molar-refractivity contribution is 5.77. The van der Waals surface area contributed by atoms with Gasteiger partial charge in [0.2, 0.25) is 5.91 Å². The van der Waals surface area contributed by atoms with Gasteiger partial charge in [-0.05, 0) is 43.5 Å². The number of carbonyl (C=O) groups excluding carboxylic acids is 1. The molecule has 1 amide bonds. The highest BCUT2D eigenvalue weighted by Gasteiger charge is 2.30. The molecule has 0 bridgehead atoms. The molecule has 0 radical (unpaired) electrons. The molecule has 0 spiro atoms. The molecule has 6 nitrogen and oxygen atoms in total. The number of carbonyl (C=O) groups is 1. The van der Waals surface area contributed by atoms with E-state index in [4.69, 9.17) is 4.74 Å². The second kappa shape index (κ2) is 7.91. The van der Waals surface area contributed by atoms with Crippen LogP contribution >= 0.6 is 0 Å². The Kier molecular flexibility index (Phi) is 5.61. The summed E-state index contributed by atoms with van der Waals surface area (Å²) >= 11 is 0. The van der Waals surface area contributed by atoms with Crippen LogP contribution in [0.1, 0.15) is 35.0 Å². The van der Waals surface area contributed by atoms with Gasteiger partial charge in [0.25, 0.3) is 0 Å². The van der Waals surface area contributed by atoms with Crippen molar-refractivity contribution in [2.75, 3.05) is 26.2 Å². The van der Waals surface area contributed by atoms with E-state index in [-0.39, 0.29) is 11.9 Å². The van der Waals surface area contributed by atoms with Crippen LogP contribution in [0.5, 0.6) is 5.75 Å². The standard InChI is InChI=1S/C20H28N4O2/c1-14-11-15(2)16(3)18(12-14)26-10-5-19(25)24-9-6-21-13-17(24)20-22-7-8-23(20)4/h7-8,11-12,17,21H,5-6,9-10,13H2,1-4H3. The molecule has 1 aliphatic heterocycles. The maximum Gasteiger partial charge on any atom is 0.226 e. The average molecular weight is 356 g/mol. The number of aryl methyl sites for hydroxylation is 3. The molecule has 6 heteroatoms. The average Bonchev–Trinajstić information content (AvgIpc) is 3.04. The van der Waals surface area contributed by atoms with E-state index < -0.39 is 0 Å². The number of hydrogen-bond acceptors (Lipinski definition) is 4. The van der Waals surface area contributed by atoms with Gasteiger partial charge in [-0.1, -0.05) is 6.07 Å². The van der Waals surface area contributed by atoms with Crippen molar-refractivity contribution in [1.82, 2.24) is 19.8 Å². The smallest absolute Gasteiger partial charge is 0.226 e. The normalized spacial score (nSPS) is 17.4. The summed E-state index contributed by atoms with van der Waals surface area (Å²) in [5.74, 6) is 1.90. The number of hydrogen-bond donors (Lipinski definition) is 1. The number of nitrogens with zero attached hydrogens (tertiary/aromatic N) is 3. The lowest BCUT2D eigenvalue weighted by molar-refractivity contribution is -0.135. The molecule has 1 saturated heterocycles. The summed E-state index contributed by atoms with van der Waals surface area (Å²) in [5.41, 5.74) is 3.52. The lowest BCUT2D eigenvalue weighted by Crippen LogP contribution is -2.49. The van der Waals surface area contributed by atoms with Crippen molar-refractivity contribution in [3.8, 4) is 5.75 Å². The van der Waals surface area contributed by atoms with Crippen molar-refractivity contribution in [1.29, 1.82) is 0 Å². The number of nitrogens with one attached hydrogen (secondary N) is 1. The van der Waals surface area contributed by atoms with E-state index in [0.717, 1.165) is 30.2 Å². The molecule has 1 aliphatic rings. The molecular formula is C20H28N4O2. The molecular weight excluding hydrogens is 328 g/mol. The van der Waals surface area contributed by atoms with Gasteiger partial charge in [0, 0.05) is 39.1 Å². The molecule has 26 heavy (non-hydrogen) atoms. The van der Waals surface area contributed by atoms with Crippen LogP contribution in [0.15, 0.2) is 24.5 Å². The van der Waals surface area contributed by atoms with Gasteiger partial charge in [0.15, 0.2) is 0 Å². The van der Waals surface area contributed by atoms with Crippen LogP contribution in [0.3, 0.4) is 0 Å². The molecule has 1 aromatic carbocycles. The Morgan fingerprint density at radius 1 is 1.35 bits per heavy atom. The zero-order chi connectivity index (χ0) is 18.7. The molecule has 0 aliphatic carbocycles. The second-order valence-electron chi connectivity index (χ2n) is 7.01. The van der Waals surface area contributed by atoms with Crippen molar-refractivity contribution in [2.24, 2.45) is 7.05 Å². The van der Waals surface area contributed by atoms with Crippen molar-refractivity contribution >= 4 is 5.91 Å². The first-order valence-electron chi connectivity index (χ1n) is 9.15. The van der Waals surface area contributed by atoms with Crippen LogP contribution in [0.2, 0.25) is 0 Å². The zero-order valence-electron chi connectivity index (χ0n) is 16.1. The summed E-state index contributed by atoms with van der Waals surface area (Å²) in [6, 6.07) is 4.15. The van der Waals surface area contributed by atoms with Gasteiger partial charge in [0.05, 0.1) is 13.0 Å². The van der Waals surface area contributed by atoms with Crippen LogP contribution in [0.25, 0.3) is 0 Å². The van der Waals surface area contributed by atoms with Gasteiger partial charge in [0.1, 0.15) is 17.6 Å². The Morgan fingerprint density at radius 3 is 2.88 bits per heavy atom. The SMILES string of the molecule is Cc1cc(C)c(C)c(OCCC(=O)N2CCNCC2c2nccn2C)c1. The van der Waals surface area contributed by atoms with E-state index in [0.29, 0.717) is 19.6 Å². The lowest BCUT2D eigenvalue weighted by atomic mass is 10.1. The Morgan fingerprint density at radius 2 is 2.15 bits per heavy atom. The molecule has 2 heterocycles. The largest absolute Gasteiger partial charge is 0.493 e. The van der Waals surface area contributed by atoms with Gasteiger partial charge in [-0.2, -0.15) is 0 Å². The van der Waals surface area contributed by atoms with Crippen LogP contribution in [-0.4, -0.2) is 46.6 Å². The van der Waals surface area contributed by atoms with E-state index in [9.17, 15) is 4.79 Å². The van der Waals surface area contributed by atoms with E-state index in [2.05, 4.69) is 37.1 Å². The molecule has 0 saturated carbocycles. The summed E-state index contributed by atoms with van der Waals surface area (Å²) in [5, 5.41) is 3.36. The Balaban J connectivity index is 1.63. The molecule has 2 aromatic rings. The predicted octanol–water partition coefficient (Wildman–Crippen LogP) is 2.29. The third-order valence-corrected chi connectivity index (χ3v) is 5.06. The Labute approximate surface area is 155 Å². The quantitative estimate of drug-likeness (QED) is 0.893. The van der Waals surface area contributed by atoms with Crippen molar-refractivity contribution in [2.45, 2.75) is 33.2 Å². The summed E-state index contributed by atoms with van der Waals surface area (Å²) < 4.78 is 7.91. The third-order valence-electron chi connectivity index (χ3n) is 5.06. The van der Waals surface area contributed by atoms with Gasteiger partial charge in [-0.3, -0.25) is 4.79 Å². The van der Waals surface area contributed by atoms with Gasteiger partial charge in [-0.15, -0.1) is 0 Å². The Bertz CT molecular complexity index is 784. The molecule has 1 aromatic heterocycles. The van der Waals surface area contributed by atoms with Crippen molar-refractivity contribution < 1.29 is 9.53 Å². The fourth-order valence-electron chi connectivity index (χ4n) is 3.47.